The molecule has 1 aliphatic heterocycles. The van der Waals surface area contributed by atoms with Gasteiger partial charge in [-0.1, -0.05) is 11.3 Å². The highest BCUT2D eigenvalue weighted by Gasteiger charge is 2.48. The van der Waals surface area contributed by atoms with Crippen LogP contribution >= 0.6 is 0 Å². The van der Waals surface area contributed by atoms with E-state index in [1.165, 1.54) is 18.2 Å². The molecule has 0 radical (unpaired) electrons. The van der Waals surface area contributed by atoms with Crippen LogP contribution in [0.15, 0.2) is 18.2 Å². The third-order valence-corrected chi connectivity index (χ3v) is 4.57. The van der Waals surface area contributed by atoms with Gasteiger partial charge in [0, 0.05) is 20.8 Å². The van der Waals surface area contributed by atoms with E-state index in [1.807, 2.05) is 0 Å². The predicted molar refractivity (Wildman–Crippen MR) is 104 cm³/mol. The van der Waals surface area contributed by atoms with Gasteiger partial charge in [-0.05, 0) is 12.1 Å². The van der Waals surface area contributed by atoms with Crippen molar-refractivity contribution in [2.24, 2.45) is 0 Å². The second-order valence-electron chi connectivity index (χ2n) is 7.18. The molecule has 1 aromatic heterocycles. The Morgan fingerprint density at radius 3 is 2.24 bits per heavy atom. The van der Waals surface area contributed by atoms with E-state index >= 15 is 0 Å². The van der Waals surface area contributed by atoms with E-state index in [4.69, 9.17) is 18.9 Å². The number of anilines is 1. The lowest BCUT2D eigenvalue weighted by atomic mass is 10.0. The van der Waals surface area contributed by atoms with Crippen molar-refractivity contribution in [1.82, 2.24) is 15.0 Å². The van der Waals surface area contributed by atoms with Gasteiger partial charge in [-0.25, -0.2) is 4.68 Å². The summed E-state index contributed by atoms with van der Waals surface area (Å²) in [5.74, 6) is -4.47. The molecule has 1 aromatic carbocycles. The first kappa shape index (κ1) is 24.9. The largest absolute Gasteiger partial charge is 0.471 e. The van der Waals surface area contributed by atoms with E-state index < -0.39 is 54.5 Å². The highest BCUT2D eigenvalue weighted by Crippen LogP contribution is 2.33. The second-order valence-corrected chi connectivity index (χ2v) is 7.18. The number of benzene rings is 1. The summed E-state index contributed by atoms with van der Waals surface area (Å²) in [5, 5.41) is 9.40. The zero-order valence-corrected chi connectivity index (χ0v) is 18.0. The molecule has 1 amide bonds. The van der Waals surface area contributed by atoms with Crippen LogP contribution in [0.4, 0.5) is 18.9 Å². The van der Waals surface area contributed by atoms with Gasteiger partial charge in [0.05, 0.1) is 17.8 Å². The Morgan fingerprint density at radius 2 is 1.65 bits per heavy atom. The quantitative estimate of drug-likeness (QED) is 0.482. The van der Waals surface area contributed by atoms with Gasteiger partial charge in [0.2, 0.25) is 0 Å². The van der Waals surface area contributed by atoms with E-state index in [9.17, 15) is 32.3 Å². The molecule has 15 heteroatoms. The Bertz CT molecular complexity index is 1120. The second kappa shape index (κ2) is 9.62. The Labute approximate surface area is 189 Å². The molecule has 0 spiro atoms. The molecule has 1 aliphatic rings. The third kappa shape index (κ3) is 5.41. The first-order valence-electron chi connectivity index (χ1n) is 9.73. The number of carbonyl (C=O) groups excluding carboxylic acids is 4. The Kier molecular flexibility index (Phi) is 7.04. The molecule has 34 heavy (non-hydrogen) atoms. The Balaban J connectivity index is 2.02. The maximum atomic E-state index is 12.7. The average molecular weight is 488 g/mol. The highest BCUT2D eigenvalue weighted by molar-refractivity contribution is 6.01. The molecular weight excluding hydrogens is 469 g/mol. The molecule has 4 atom stereocenters. The van der Waals surface area contributed by atoms with Crippen LogP contribution in [0.3, 0.4) is 0 Å². The fourth-order valence-corrected chi connectivity index (χ4v) is 3.38. The first-order valence-corrected chi connectivity index (χ1v) is 9.73. The fraction of sp³-hybridized carbons (Fsp3) is 0.474. The van der Waals surface area contributed by atoms with Gasteiger partial charge in [0.1, 0.15) is 5.52 Å². The summed E-state index contributed by atoms with van der Waals surface area (Å²) >= 11 is 0. The molecule has 184 valence electrons. The molecular formula is C19H19F3N4O8. The van der Waals surface area contributed by atoms with E-state index in [-0.39, 0.29) is 23.3 Å². The van der Waals surface area contributed by atoms with E-state index in [2.05, 4.69) is 10.3 Å². The number of fused-ring (bicyclic) bond motifs is 1. The molecule has 0 bridgehead atoms. The molecule has 0 aliphatic carbocycles. The number of amides is 1. The van der Waals surface area contributed by atoms with Crippen molar-refractivity contribution in [2.75, 3.05) is 11.9 Å². The summed E-state index contributed by atoms with van der Waals surface area (Å²) in [6.07, 6.45) is -10.2. The molecule has 2 aromatic rings. The minimum absolute atomic E-state index is 0.106. The molecule has 2 heterocycles. The fourth-order valence-electron chi connectivity index (χ4n) is 3.38. The molecule has 12 nitrogen and oxygen atoms in total. The van der Waals surface area contributed by atoms with Crippen LogP contribution in [-0.2, 0) is 38.1 Å². The summed E-state index contributed by atoms with van der Waals surface area (Å²) in [6, 6.07) is 3.95. The van der Waals surface area contributed by atoms with Crippen molar-refractivity contribution in [2.45, 2.75) is 51.5 Å². The highest BCUT2D eigenvalue weighted by atomic mass is 19.4. The number of carbonyl (C=O) groups is 4. The summed E-state index contributed by atoms with van der Waals surface area (Å²) in [6.45, 7) is 3.01. The number of esters is 3. The molecule has 1 saturated heterocycles. The lowest BCUT2D eigenvalue weighted by Crippen LogP contribution is -2.55. The normalized spacial score (nSPS) is 22.6. The summed E-state index contributed by atoms with van der Waals surface area (Å²) in [7, 11) is 0. The van der Waals surface area contributed by atoms with Crippen LogP contribution < -0.4 is 5.32 Å². The number of hydrogen-bond acceptors (Lipinski definition) is 10. The molecule has 0 saturated carbocycles. The molecule has 0 unspecified atom stereocenters. The third-order valence-electron chi connectivity index (χ3n) is 4.57. The van der Waals surface area contributed by atoms with Crippen LogP contribution in [0.25, 0.3) is 11.0 Å². The molecule has 1 N–H and O–H groups in total. The van der Waals surface area contributed by atoms with Crippen LogP contribution in [0.2, 0.25) is 0 Å². The number of nitrogens with zero attached hydrogens (tertiary/aromatic N) is 3. The predicted octanol–water partition coefficient (Wildman–Crippen LogP) is 1.26. The van der Waals surface area contributed by atoms with Crippen molar-refractivity contribution < 1.29 is 51.3 Å². The van der Waals surface area contributed by atoms with Gasteiger partial charge in [0.25, 0.3) is 0 Å². The SMILES string of the molecule is CC(=O)O[C@@H]1[C@H](OC(C)=O)[C@H](OC(C)=O)CO[C@@H]1n1nnc2c(NC(=O)C(F)(F)F)cccc21. The standard InChI is InChI=1S/C19H19F3N4O8/c1-8(27)32-13-7-31-17(16(34-10(3)29)15(13)33-9(2)28)26-12-6-4-5-11(14(12)24-25-26)23-18(30)19(20,21)22/h4-6,13,15-17H,7H2,1-3H3,(H,23,30)/t13-,15-,16-,17+/m1/s1. The lowest BCUT2D eigenvalue weighted by Gasteiger charge is -2.40. The van der Waals surface area contributed by atoms with Crippen LogP contribution in [0.5, 0.6) is 0 Å². The maximum Gasteiger partial charge on any atom is 0.471 e. The van der Waals surface area contributed by atoms with Gasteiger partial charge in [0.15, 0.2) is 24.5 Å². The Hall–Kier alpha value is -3.75. The molecule has 1 fully saturated rings. The van der Waals surface area contributed by atoms with Crippen LogP contribution in [0.1, 0.15) is 27.0 Å². The van der Waals surface area contributed by atoms with Crippen LogP contribution in [-0.4, -0.2) is 69.9 Å². The number of halogens is 3. The zero-order valence-electron chi connectivity index (χ0n) is 18.0. The topological polar surface area (TPSA) is 148 Å². The number of aromatic nitrogens is 3. The minimum Gasteiger partial charge on any atom is -0.456 e. The lowest BCUT2D eigenvalue weighted by molar-refractivity contribution is -0.241. The number of rotatable bonds is 5. The van der Waals surface area contributed by atoms with Crippen molar-refractivity contribution in [3.8, 4) is 0 Å². The van der Waals surface area contributed by atoms with Crippen molar-refractivity contribution in [3.05, 3.63) is 18.2 Å². The monoisotopic (exact) mass is 488 g/mol. The van der Waals surface area contributed by atoms with Gasteiger partial charge < -0.3 is 24.3 Å². The number of nitrogens with one attached hydrogen (secondary N) is 1. The van der Waals surface area contributed by atoms with Crippen LogP contribution in [0, 0.1) is 0 Å². The van der Waals surface area contributed by atoms with Gasteiger partial charge >= 0.3 is 30.0 Å². The molecule has 3 rings (SSSR count). The van der Waals surface area contributed by atoms with Gasteiger partial charge in [-0.3, -0.25) is 19.2 Å². The summed E-state index contributed by atoms with van der Waals surface area (Å²) < 4.78 is 60.5. The summed E-state index contributed by atoms with van der Waals surface area (Å²) in [4.78, 5) is 46.3. The average Bonchev–Trinajstić information content (AvgIpc) is 3.13. The number of hydrogen-bond donors (Lipinski definition) is 1. The smallest absolute Gasteiger partial charge is 0.456 e. The maximum absolute atomic E-state index is 12.7. The van der Waals surface area contributed by atoms with Crippen molar-refractivity contribution in [3.63, 3.8) is 0 Å². The van der Waals surface area contributed by atoms with E-state index in [0.717, 1.165) is 25.5 Å². The summed E-state index contributed by atoms with van der Waals surface area (Å²) in [5.41, 5.74) is -0.286. The Morgan fingerprint density at radius 1 is 1.03 bits per heavy atom. The first-order chi connectivity index (χ1) is 15.9. The zero-order chi connectivity index (χ0) is 25.2. The van der Waals surface area contributed by atoms with Crippen molar-refractivity contribution in [1.29, 1.82) is 0 Å². The minimum atomic E-state index is -5.13. The van der Waals surface area contributed by atoms with Crippen molar-refractivity contribution >= 4 is 40.5 Å². The van der Waals surface area contributed by atoms with E-state index in [1.54, 1.807) is 5.32 Å². The number of ether oxygens (including phenoxy) is 4. The van der Waals surface area contributed by atoms with Gasteiger partial charge in [-0.2, -0.15) is 13.2 Å². The van der Waals surface area contributed by atoms with E-state index in [0.29, 0.717) is 0 Å². The number of alkyl halides is 3. The van der Waals surface area contributed by atoms with Gasteiger partial charge in [-0.15, -0.1) is 5.10 Å².